The Kier molecular flexibility index (Phi) is 47.4. The third-order valence-corrected chi connectivity index (χ3v) is 13.4. The van der Waals surface area contributed by atoms with Crippen molar-refractivity contribution in [2.75, 3.05) is 19.8 Å². The fourth-order valence-electron chi connectivity index (χ4n) is 8.88. The average molecular weight is 962 g/mol. The molecule has 0 aromatic heterocycles. The van der Waals surface area contributed by atoms with E-state index in [2.05, 4.69) is 57.2 Å². The lowest BCUT2D eigenvalue weighted by atomic mass is 10.0. The zero-order chi connectivity index (χ0) is 49.8. The lowest BCUT2D eigenvalue weighted by molar-refractivity contribution is 0.0430. The van der Waals surface area contributed by atoms with Gasteiger partial charge in [-0.25, -0.2) is 14.4 Å². The van der Waals surface area contributed by atoms with Crippen molar-refractivity contribution >= 4 is 17.9 Å². The Morgan fingerprint density at radius 3 is 0.783 bits per heavy atom. The van der Waals surface area contributed by atoms with Crippen molar-refractivity contribution in [2.45, 2.75) is 290 Å². The zero-order valence-corrected chi connectivity index (χ0v) is 45.5. The number of carbonyl (C=O) groups is 3. The lowest BCUT2D eigenvalue weighted by Crippen LogP contribution is -2.20. The van der Waals surface area contributed by atoms with Crippen molar-refractivity contribution in [3.63, 3.8) is 0 Å². The summed E-state index contributed by atoms with van der Waals surface area (Å²) in [5, 5.41) is 0. The summed E-state index contributed by atoms with van der Waals surface area (Å²) < 4.78 is 17.1. The summed E-state index contributed by atoms with van der Waals surface area (Å²) in [4.78, 5) is 40.6. The Balaban J connectivity index is 2.52. The molecule has 0 saturated carbocycles. The molecule has 0 amide bonds. The molecule has 6 nitrogen and oxygen atoms in total. The van der Waals surface area contributed by atoms with Crippen LogP contribution in [0.4, 0.5) is 0 Å². The molecule has 0 aliphatic heterocycles. The minimum atomic E-state index is -0.670. The molecule has 0 aliphatic carbocycles. The highest BCUT2D eigenvalue weighted by Crippen LogP contribution is 2.21. The normalized spacial score (nSPS) is 11.7. The Morgan fingerprint density at radius 2 is 0.522 bits per heavy atom. The van der Waals surface area contributed by atoms with E-state index in [1.807, 2.05) is 0 Å². The van der Waals surface area contributed by atoms with Crippen LogP contribution >= 0.6 is 0 Å². The molecule has 1 rings (SSSR count). The number of hydrogen-bond donors (Lipinski definition) is 0. The van der Waals surface area contributed by atoms with Gasteiger partial charge >= 0.3 is 17.9 Å². The molecule has 0 bridgehead atoms. The number of carbonyl (C=O) groups excluding carboxylic acids is 3. The van der Waals surface area contributed by atoms with Crippen molar-refractivity contribution < 1.29 is 28.6 Å². The van der Waals surface area contributed by atoms with Crippen LogP contribution in [0, 0.1) is 0 Å². The fraction of sp³-hybridized carbons (Fsp3) is 0.762. The Labute approximate surface area is 426 Å². The van der Waals surface area contributed by atoms with Gasteiger partial charge in [0.15, 0.2) is 0 Å². The van der Waals surface area contributed by atoms with Gasteiger partial charge in [0.05, 0.1) is 36.5 Å². The van der Waals surface area contributed by atoms with Crippen LogP contribution in [0.25, 0.3) is 0 Å². The maximum absolute atomic E-state index is 13.7. The standard InChI is InChI=1S/C63H108O6/c1-4-7-10-13-16-19-22-25-28-31-34-37-40-43-46-49-55-67-61(64)58-53-52-54-59(62(65)68-56-50-47-44-41-38-35-32-29-26-23-20-17-14-11-8-5-2)60(58)63(66)69-57-51-48-45-42-39-36-33-30-27-24-21-18-15-12-9-6-3/h25-30,52-54H,4-24,31-51,55-57H2,1-3H3. The van der Waals surface area contributed by atoms with E-state index in [1.165, 1.54) is 186 Å². The highest BCUT2D eigenvalue weighted by atomic mass is 16.5. The third kappa shape index (κ3) is 40.2. The first-order valence-electron chi connectivity index (χ1n) is 29.7. The van der Waals surface area contributed by atoms with E-state index < -0.39 is 17.9 Å². The van der Waals surface area contributed by atoms with E-state index in [1.54, 1.807) is 18.2 Å². The molecule has 0 unspecified atom stereocenters. The number of rotatable bonds is 51. The lowest BCUT2D eigenvalue weighted by Gasteiger charge is -2.14. The van der Waals surface area contributed by atoms with Crippen molar-refractivity contribution in [3.8, 4) is 0 Å². The first-order valence-corrected chi connectivity index (χ1v) is 29.7. The van der Waals surface area contributed by atoms with Crippen LogP contribution < -0.4 is 0 Å². The molecule has 0 atom stereocenters. The van der Waals surface area contributed by atoms with Crippen LogP contribution in [0.3, 0.4) is 0 Å². The summed E-state index contributed by atoms with van der Waals surface area (Å²) in [6.45, 7) is 7.58. The molecule has 0 radical (unpaired) electrons. The van der Waals surface area contributed by atoms with E-state index in [9.17, 15) is 14.4 Å². The molecule has 6 heteroatoms. The summed E-state index contributed by atoms with van der Waals surface area (Å²) in [7, 11) is 0. The Hall–Kier alpha value is -3.15. The first-order chi connectivity index (χ1) is 34.1. The van der Waals surface area contributed by atoms with E-state index in [0.29, 0.717) is 0 Å². The molecule has 396 valence electrons. The van der Waals surface area contributed by atoms with Gasteiger partial charge in [-0.15, -0.1) is 0 Å². The van der Waals surface area contributed by atoms with Gasteiger partial charge in [0.25, 0.3) is 0 Å². The molecule has 0 saturated heterocycles. The second kappa shape index (κ2) is 51.2. The van der Waals surface area contributed by atoms with Crippen molar-refractivity contribution in [2.24, 2.45) is 0 Å². The maximum Gasteiger partial charge on any atom is 0.339 e. The molecular weight excluding hydrogens is 853 g/mol. The van der Waals surface area contributed by atoms with Crippen LogP contribution in [0.5, 0.6) is 0 Å². The smallest absolute Gasteiger partial charge is 0.339 e. The van der Waals surface area contributed by atoms with Crippen molar-refractivity contribution in [1.82, 2.24) is 0 Å². The van der Waals surface area contributed by atoms with Crippen LogP contribution in [0.1, 0.15) is 322 Å². The molecule has 1 aromatic rings. The van der Waals surface area contributed by atoms with Crippen molar-refractivity contribution in [3.05, 3.63) is 71.3 Å². The SMILES string of the molecule is CCCCCCCCC=CCCCCCCCCOC(=O)c1cccc(C(=O)OCCCCCCCCC=CCCCCCCCC)c1C(=O)OCCCCCCCCC=CCCCCCCCC. The number of esters is 3. The van der Waals surface area contributed by atoms with E-state index in [4.69, 9.17) is 14.2 Å². The van der Waals surface area contributed by atoms with Gasteiger partial charge in [-0.05, 0) is 108 Å². The molecule has 0 aliphatic rings. The van der Waals surface area contributed by atoms with E-state index in [-0.39, 0.29) is 36.5 Å². The predicted molar refractivity (Wildman–Crippen MR) is 296 cm³/mol. The number of allylic oxidation sites excluding steroid dienone is 6. The minimum absolute atomic E-state index is 0.0425. The van der Waals surface area contributed by atoms with Crippen LogP contribution in [0.2, 0.25) is 0 Å². The molecule has 0 spiro atoms. The van der Waals surface area contributed by atoms with Crippen molar-refractivity contribution in [1.29, 1.82) is 0 Å². The molecule has 0 N–H and O–H groups in total. The Bertz CT molecular complexity index is 1340. The molecule has 1 aromatic carbocycles. The van der Waals surface area contributed by atoms with E-state index in [0.717, 1.165) is 83.5 Å². The molecule has 0 fully saturated rings. The van der Waals surface area contributed by atoms with Gasteiger partial charge in [-0.1, -0.05) is 237 Å². The number of hydrogen-bond acceptors (Lipinski definition) is 6. The number of benzene rings is 1. The quantitative estimate of drug-likeness (QED) is 0.0280. The summed E-state index contributed by atoms with van der Waals surface area (Å²) in [5.74, 6) is -1.87. The van der Waals surface area contributed by atoms with Crippen LogP contribution in [-0.2, 0) is 14.2 Å². The zero-order valence-electron chi connectivity index (χ0n) is 45.5. The van der Waals surface area contributed by atoms with Crippen LogP contribution in [-0.4, -0.2) is 37.7 Å². The number of unbranched alkanes of at least 4 members (excludes halogenated alkanes) is 36. The highest BCUT2D eigenvalue weighted by Gasteiger charge is 2.27. The topological polar surface area (TPSA) is 78.9 Å². The summed E-state index contributed by atoms with van der Waals surface area (Å²) in [5.41, 5.74) is 0.0913. The third-order valence-electron chi connectivity index (χ3n) is 13.4. The summed E-state index contributed by atoms with van der Waals surface area (Å²) >= 11 is 0. The maximum atomic E-state index is 13.7. The Morgan fingerprint density at radius 1 is 0.304 bits per heavy atom. The average Bonchev–Trinajstić information content (AvgIpc) is 3.36. The van der Waals surface area contributed by atoms with Gasteiger partial charge in [0.1, 0.15) is 0 Å². The van der Waals surface area contributed by atoms with Gasteiger partial charge < -0.3 is 14.2 Å². The van der Waals surface area contributed by atoms with Crippen LogP contribution in [0.15, 0.2) is 54.7 Å². The molecule has 0 heterocycles. The minimum Gasteiger partial charge on any atom is -0.462 e. The second-order valence-electron chi connectivity index (χ2n) is 19.9. The first kappa shape index (κ1) is 63.9. The molecule has 69 heavy (non-hydrogen) atoms. The summed E-state index contributed by atoms with van der Waals surface area (Å²) in [6, 6.07) is 4.75. The van der Waals surface area contributed by atoms with Gasteiger partial charge in [0.2, 0.25) is 0 Å². The van der Waals surface area contributed by atoms with Gasteiger partial charge in [-0.3, -0.25) is 0 Å². The fourth-order valence-corrected chi connectivity index (χ4v) is 8.88. The van der Waals surface area contributed by atoms with Gasteiger partial charge in [0, 0.05) is 0 Å². The molecular formula is C63H108O6. The second-order valence-corrected chi connectivity index (χ2v) is 19.9. The predicted octanol–water partition coefficient (Wildman–Crippen LogP) is 20.3. The summed E-state index contributed by atoms with van der Waals surface area (Å²) in [6.07, 6.45) is 64.7. The van der Waals surface area contributed by atoms with Gasteiger partial charge in [-0.2, -0.15) is 0 Å². The largest absolute Gasteiger partial charge is 0.462 e. The highest BCUT2D eigenvalue weighted by molar-refractivity contribution is 6.10. The van der Waals surface area contributed by atoms with E-state index >= 15 is 0 Å². The monoisotopic (exact) mass is 961 g/mol. The number of ether oxygens (including phenoxy) is 3.